The van der Waals surface area contributed by atoms with Crippen LogP contribution in [0.15, 0.2) is 0 Å². The van der Waals surface area contributed by atoms with Crippen LogP contribution in [0.25, 0.3) is 0 Å². The molecule has 1 atom stereocenters. The first-order valence-electron chi connectivity index (χ1n) is 8.61. The van der Waals surface area contributed by atoms with Crippen LogP contribution in [0.5, 0.6) is 0 Å². The molecule has 66 valence electrons. The molecule has 3 heteroatoms. The lowest BCUT2D eigenvalue weighted by molar-refractivity contribution is -0.139. The number of carboxylic acid groups (broad SMARTS) is 1. The van der Waals surface area contributed by atoms with E-state index < -0.39 is 50.8 Å². The summed E-state index contributed by atoms with van der Waals surface area (Å²) in [5.41, 5.74) is 0. The molecule has 2 N–H and O–H groups in total. The third-order valence-corrected chi connectivity index (χ3v) is 0.650. The third kappa shape index (κ3) is 7.33. The van der Waals surface area contributed by atoms with Gasteiger partial charge in [0, 0.05) is 15.1 Å². The van der Waals surface area contributed by atoms with Gasteiger partial charge in [0.2, 0.25) is 0 Å². The molecule has 0 aromatic heterocycles. The molecule has 0 saturated carbocycles. The predicted molar refractivity (Wildman–Crippen MR) is 42.4 cm³/mol. The Morgan fingerprint density at radius 2 is 2.55 bits per heavy atom. The van der Waals surface area contributed by atoms with E-state index in [1.807, 2.05) is 0 Å². The maximum Gasteiger partial charge on any atom is 0.305 e. The standard InChI is InChI=1S/C8H16O3/c1-2-3-4-5-7(9)6-8(10)11/h7,9H,2-6H2,1H3,(H,10,11)/i1D3,2D2,3D2,4D2,5D2,7D. The van der Waals surface area contributed by atoms with Crippen LogP contribution < -0.4 is 0 Å². The fourth-order valence-electron chi connectivity index (χ4n) is 0.322. The highest BCUT2D eigenvalue weighted by Gasteiger charge is 2.07. The van der Waals surface area contributed by atoms with Crippen molar-refractivity contribution in [2.24, 2.45) is 0 Å². The highest BCUT2D eigenvalue weighted by molar-refractivity contribution is 5.67. The lowest BCUT2D eigenvalue weighted by Crippen LogP contribution is -2.12. The van der Waals surface area contributed by atoms with Crippen molar-refractivity contribution in [3.05, 3.63) is 0 Å². The maximum absolute atomic E-state index is 10.6. The van der Waals surface area contributed by atoms with E-state index in [1.54, 1.807) is 0 Å². The zero-order chi connectivity index (χ0) is 19.3. The van der Waals surface area contributed by atoms with Crippen LogP contribution in [0.4, 0.5) is 0 Å². The number of carbonyl (C=O) groups is 1. The van der Waals surface area contributed by atoms with E-state index in [0.29, 0.717) is 0 Å². The zero-order valence-electron chi connectivity index (χ0n) is 17.5. The first-order chi connectivity index (χ1) is 9.67. The fraction of sp³-hybridized carbons (Fsp3) is 0.875. The number of rotatable bonds is 6. The number of aliphatic hydroxyl groups is 1. The highest BCUT2D eigenvalue weighted by Crippen LogP contribution is 2.05. The third-order valence-electron chi connectivity index (χ3n) is 0.650. The van der Waals surface area contributed by atoms with Gasteiger partial charge in [-0.25, -0.2) is 0 Å². The average Bonchev–Trinajstić information content (AvgIpc) is 2.24. The summed E-state index contributed by atoms with van der Waals surface area (Å²) in [6.07, 6.45) is -21.3. The van der Waals surface area contributed by atoms with Gasteiger partial charge >= 0.3 is 5.97 Å². The second-order valence-electron chi connectivity index (χ2n) is 1.52. The molecule has 0 aliphatic rings. The van der Waals surface area contributed by atoms with E-state index in [0.717, 1.165) is 0 Å². The Morgan fingerprint density at radius 3 is 3.09 bits per heavy atom. The van der Waals surface area contributed by atoms with Crippen LogP contribution in [0.3, 0.4) is 0 Å². The van der Waals surface area contributed by atoms with Gasteiger partial charge in [-0.3, -0.25) is 4.79 Å². The van der Waals surface area contributed by atoms with E-state index >= 15 is 0 Å². The quantitative estimate of drug-likeness (QED) is 0.636. The van der Waals surface area contributed by atoms with Crippen LogP contribution >= 0.6 is 0 Å². The van der Waals surface area contributed by atoms with Crippen LogP contribution in [-0.2, 0) is 4.79 Å². The molecule has 0 radical (unpaired) electrons. The summed E-state index contributed by atoms with van der Waals surface area (Å²) in [5.74, 6) is -1.89. The van der Waals surface area contributed by atoms with Gasteiger partial charge in [0.15, 0.2) is 0 Å². The molecule has 0 aromatic carbocycles. The van der Waals surface area contributed by atoms with Gasteiger partial charge in [0.05, 0.1) is 13.9 Å². The van der Waals surface area contributed by atoms with Gasteiger partial charge in [-0.15, -0.1) is 0 Å². The molecule has 0 rings (SSSR count). The van der Waals surface area contributed by atoms with E-state index in [-0.39, 0.29) is 0 Å². The zero-order valence-corrected chi connectivity index (χ0v) is 5.51. The van der Waals surface area contributed by atoms with Crippen molar-refractivity contribution in [3.8, 4) is 0 Å². The van der Waals surface area contributed by atoms with Crippen LogP contribution in [-0.4, -0.2) is 22.3 Å². The van der Waals surface area contributed by atoms with Crippen molar-refractivity contribution < 1.29 is 31.5 Å². The Bertz CT molecular complexity index is 465. The molecule has 0 bridgehead atoms. The van der Waals surface area contributed by atoms with Crippen molar-refractivity contribution in [1.29, 1.82) is 0 Å². The average molecular weight is 172 g/mol. The first-order valence-corrected chi connectivity index (χ1v) is 2.61. The molecule has 0 aliphatic carbocycles. The topological polar surface area (TPSA) is 57.5 Å². The first kappa shape index (κ1) is 2.02. The Labute approximate surface area is 83.9 Å². The molecule has 0 aromatic rings. The molecule has 0 heterocycles. The van der Waals surface area contributed by atoms with Gasteiger partial charge in [0.25, 0.3) is 0 Å². The Hall–Kier alpha value is -0.570. The Morgan fingerprint density at radius 1 is 1.82 bits per heavy atom. The van der Waals surface area contributed by atoms with Crippen LogP contribution in [0.1, 0.15) is 55.2 Å². The summed E-state index contributed by atoms with van der Waals surface area (Å²) in [6.45, 7) is -3.69. The van der Waals surface area contributed by atoms with Crippen molar-refractivity contribution in [2.75, 3.05) is 0 Å². The Kier molecular flexibility index (Phi) is 1.13. The van der Waals surface area contributed by atoms with E-state index in [9.17, 15) is 9.90 Å². The van der Waals surface area contributed by atoms with Crippen molar-refractivity contribution >= 4 is 5.97 Å². The molecule has 1 unspecified atom stereocenters. The number of hydrogen-bond donors (Lipinski definition) is 2. The molecule has 3 nitrogen and oxygen atoms in total. The van der Waals surface area contributed by atoms with E-state index in [1.165, 1.54) is 0 Å². The van der Waals surface area contributed by atoms with Crippen LogP contribution in [0, 0.1) is 0 Å². The van der Waals surface area contributed by atoms with Gasteiger partial charge in [-0.1, -0.05) is 26.0 Å². The minimum absolute atomic E-state index is 1.63. The van der Waals surface area contributed by atoms with E-state index in [4.69, 9.17) is 21.6 Å². The van der Waals surface area contributed by atoms with Gasteiger partial charge in [0.1, 0.15) is 0 Å². The molecular weight excluding hydrogens is 144 g/mol. The van der Waals surface area contributed by atoms with Gasteiger partial charge in [-0.2, -0.15) is 0 Å². The van der Waals surface area contributed by atoms with Crippen molar-refractivity contribution in [3.63, 3.8) is 0 Å². The summed E-state index contributed by atoms with van der Waals surface area (Å²) in [6, 6.07) is 0. The number of hydrogen-bond acceptors (Lipinski definition) is 2. The van der Waals surface area contributed by atoms with Crippen molar-refractivity contribution in [1.82, 2.24) is 0 Å². The Balaban J connectivity index is 6.19. The SMILES string of the molecule is [2H]C([2H])([2H])C([2H])([2H])C([2H])([2H])C([2H])([2H])C([2H])([2H])C([2H])(O)CC(=O)O. The lowest BCUT2D eigenvalue weighted by Gasteiger charge is -2.05. The fourth-order valence-corrected chi connectivity index (χ4v) is 0.322. The lowest BCUT2D eigenvalue weighted by atomic mass is 10.1. The van der Waals surface area contributed by atoms with Crippen LogP contribution in [0.2, 0.25) is 0 Å². The molecule has 0 amide bonds. The summed E-state index contributed by atoms with van der Waals surface area (Å²) >= 11 is 0. The molecule has 0 aliphatic heterocycles. The summed E-state index contributed by atoms with van der Waals surface area (Å²) in [4.78, 5) is 10.6. The summed E-state index contributed by atoms with van der Waals surface area (Å²) in [7, 11) is 0. The molecule has 0 saturated heterocycles. The largest absolute Gasteiger partial charge is 0.481 e. The summed E-state index contributed by atoms with van der Waals surface area (Å²) < 4.78 is 87.8. The maximum atomic E-state index is 10.6. The second-order valence-corrected chi connectivity index (χ2v) is 1.52. The molecular formula is C8H16O3. The molecule has 0 fully saturated rings. The smallest absolute Gasteiger partial charge is 0.305 e. The molecule has 0 spiro atoms. The highest BCUT2D eigenvalue weighted by atomic mass is 16.4. The summed E-state index contributed by atoms with van der Waals surface area (Å²) in [5, 5.41) is 18.2. The monoisotopic (exact) mass is 172 g/mol. The molecule has 11 heavy (non-hydrogen) atoms. The number of aliphatic carboxylic acids is 1. The van der Waals surface area contributed by atoms with Gasteiger partial charge < -0.3 is 10.2 Å². The predicted octanol–water partition coefficient (Wildman–Crippen LogP) is 1.40. The number of carboxylic acids is 1. The van der Waals surface area contributed by atoms with Gasteiger partial charge in [-0.05, 0) is 6.37 Å². The minimum Gasteiger partial charge on any atom is -0.481 e. The van der Waals surface area contributed by atoms with Crippen molar-refractivity contribution in [2.45, 2.75) is 44.8 Å². The minimum atomic E-state index is -4.07. The normalized spacial score (nSPS) is 38.3. The van der Waals surface area contributed by atoms with E-state index in [2.05, 4.69) is 0 Å². The second kappa shape index (κ2) is 6.16.